The molecule has 1 unspecified atom stereocenters. The predicted octanol–water partition coefficient (Wildman–Crippen LogP) is 4.36. The van der Waals surface area contributed by atoms with Gasteiger partial charge in [-0.25, -0.2) is 0 Å². The fourth-order valence-corrected chi connectivity index (χ4v) is 4.99. The lowest BCUT2D eigenvalue weighted by Crippen LogP contribution is -2.41. The second-order valence-electron chi connectivity index (χ2n) is 9.05. The number of benzene rings is 2. The van der Waals surface area contributed by atoms with Gasteiger partial charge in [-0.2, -0.15) is 0 Å². The molecule has 6 heteroatoms. The highest BCUT2D eigenvalue weighted by atomic mass is 16.5. The van der Waals surface area contributed by atoms with Crippen LogP contribution >= 0.6 is 0 Å². The van der Waals surface area contributed by atoms with Crippen molar-refractivity contribution in [1.82, 2.24) is 14.4 Å². The number of nitrogens with zero attached hydrogens (tertiary/aromatic N) is 3. The molecule has 2 fully saturated rings. The third kappa shape index (κ3) is 4.77. The summed E-state index contributed by atoms with van der Waals surface area (Å²) in [5.74, 6) is 0.914. The summed E-state index contributed by atoms with van der Waals surface area (Å²) in [6, 6.07) is 18.9. The number of aromatic nitrogens is 1. The lowest BCUT2D eigenvalue weighted by atomic mass is 10.2. The van der Waals surface area contributed by atoms with Gasteiger partial charge < -0.3 is 23.8 Å². The number of likely N-dealkylation sites (tertiary alicyclic amines) is 1. The van der Waals surface area contributed by atoms with Crippen LogP contribution in [0.5, 0.6) is 5.75 Å². The Hall–Kier alpha value is -2.83. The Labute approximate surface area is 195 Å². The Morgan fingerprint density at radius 2 is 1.85 bits per heavy atom. The van der Waals surface area contributed by atoms with Crippen LogP contribution in [0.2, 0.25) is 0 Å². The van der Waals surface area contributed by atoms with Gasteiger partial charge in [0.2, 0.25) is 0 Å². The molecule has 2 aliphatic heterocycles. The standard InChI is InChI=1S/C27H33N3O3/c1-21-6-4-13-28(21)14-5-17-33-24-11-9-23(10-12-24)30-25-8-3-2-7-22(25)20-26(30)27(31)29-15-18-32-19-16-29/h2-3,7-12,20-21H,4-6,13-19H2,1H3. The number of para-hydroxylation sites is 1. The quantitative estimate of drug-likeness (QED) is 0.505. The third-order valence-corrected chi connectivity index (χ3v) is 6.87. The zero-order valence-electron chi connectivity index (χ0n) is 19.4. The number of hydrogen-bond donors (Lipinski definition) is 0. The van der Waals surface area contributed by atoms with Gasteiger partial charge >= 0.3 is 0 Å². The molecular weight excluding hydrogens is 414 g/mol. The van der Waals surface area contributed by atoms with E-state index in [0.29, 0.717) is 38.0 Å². The maximum absolute atomic E-state index is 13.4. The van der Waals surface area contributed by atoms with Crippen LogP contribution in [0, 0.1) is 0 Å². The molecule has 174 valence electrons. The van der Waals surface area contributed by atoms with Gasteiger partial charge in [0.05, 0.1) is 25.3 Å². The minimum Gasteiger partial charge on any atom is -0.494 e. The van der Waals surface area contributed by atoms with Crippen molar-refractivity contribution < 1.29 is 14.3 Å². The second kappa shape index (κ2) is 9.98. The largest absolute Gasteiger partial charge is 0.494 e. The monoisotopic (exact) mass is 447 g/mol. The van der Waals surface area contributed by atoms with Crippen LogP contribution in [0.15, 0.2) is 54.6 Å². The maximum Gasteiger partial charge on any atom is 0.271 e. The fourth-order valence-electron chi connectivity index (χ4n) is 4.99. The molecule has 3 heterocycles. The molecule has 1 aromatic heterocycles. The van der Waals surface area contributed by atoms with Gasteiger partial charge in [0.25, 0.3) is 5.91 Å². The summed E-state index contributed by atoms with van der Waals surface area (Å²) in [6.07, 6.45) is 3.66. The number of ether oxygens (including phenoxy) is 2. The number of fused-ring (bicyclic) bond motifs is 1. The summed E-state index contributed by atoms with van der Waals surface area (Å²) in [5.41, 5.74) is 2.68. The summed E-state index contributed by atoms with van der Waals surface area (Å²) in [6.45, 7) is 7.79. The molecule has 2 saturated heterocycles. The SMILES string of the molecule is CC1CCCN1CCCOc1ccc(-n2c(C(=O)N3CCOCC3)cc3ccccc32)cc1. The number of carbonyl (C=O) groups is 1. The second-order valence-corrected chi connectivity index (χ2v) is 9.05. The van der Waals surface area contributed by atoms with Gasteiger partial charge in [-0.3, -0.25) is 4.79 Å². The molecule has 2 aliphatic rings. The average Bonchev–Trinajstić information content (AvgIpc) is 3.45. The van der Waals surface area contributed by atoms with E-state index in [-0.39, 0.29) is 5.91 Å². The average molecular weight is 448 g/mol. The van der Waals surface area contributed by atoms with Crippen molar-refractivity contribution in [2.45, 2.75) is 32.2 Å². The first-order valence-electron chi connectivity index (χ1n) is 12.2. The third-order valence-electron chi connectivity index (χ3n) is 6.87. The highest BCUT2D eigenvalue weighted by Crippen LogP contribution is 2.27. The molecule has 0 spiro atoms. The first-order valence-corrected chi connectivity index (χ1v) is 12.2. The van der Waals surface area contributed by atoms with E-state index in [1.165, 1.54) is 19.4 Å². The maximum atomic E-state index is 13.4. The van der Waals surface area contributed by atoms with Gasteiger partial charge in [-0.1, -0.05) is 18.2 Å². The van der Waals surface area contributed by atoms with Gasteiger partial charge in [-0.15, -0.1) is 0 Å². The summed E-state index contributed by atoms with van der Waals surface area (Å²) >= 11 is 0. The summed E-state index contributed by atoms with van der Waals surface area (Å²) < 4.78 is 13.5. The Kier molecular flexibility index (Phi) is 6.65. The van der Waals surface area contributed by atoms with Crippen molar-refractivity contribution in [3.8, 4) is 11.4 Å². The molecule has 5 rings (SSSR count). The predicted molar refractivity (Wildman–Crippen MR) is 130 cm³/mol. The van der Waals surface area contributed by atoms with Gasteiger partial charge in [-0.05, 0) is 69.1 Å². The zero-order chi connectivity index (χ0) is 22.6. The molecule has 2 aromatic carbocycles. The topological polar surface area (TPSA) is 46.9 Å². The normalized spacial score (nSPS) is 19.3. The van der Waals surface area contributed by atoms with Crippen molar-refractivity contribution in [3.05, 3.63) is 60.3 Å². The van der Waals surface area contributed by atoms with Crippen LogP contribution in [-0.2, 0) is 4.74 Å². The fraction of sp³-hybridized carbons (Fsp3) is 0.444. The van der Waals surface area contributed by atoms with E-state index < -0.39 is 0 Å². The van der Waals surface area contributed by atoms with Gasteiger partial charge in [0.15, 0.2) is 0 Å². The highest BCUT2D eigenvalue weighted by Gasteiger charge is 2.24. The highest BCUT2D eigenvalue weighted by molar-refractivity contribution is 6.00. The van der Waals surface area contributed by atoms with Crippen LogP contribution < -0.4 is 4.74 Å². The molecule has 33 heavy (non-hydrogen) atoms. The molecule has 1 atom stereocenters. The molecule has 0 N–H and O–H groups in total. The molecule has 0 radical (unpaired) electrons. The number of rotatable bonds is 7. The van der Waals surface area contributed by atoms with E-state index in [2.05, 4.69) is 28.5 Å². The zero-order valence-corrected chi connectivity index (χ0v) is 19.4. The molecule has 6 nitrogen and oxygen atoms in total. The minimum absolute atomic E-state index is 0.0472. The van der Waals surface area contributed by atoms with E-state index in [1.54, 1.807) is 0 Å². The number of morpholine rings is 1. The Morgan fingerprint density at radius 3 is 2.61 bits per heavy atom. The molecule has 0 aliphatic carbocycles. The van der Waals surface area contributed by atoms with Crippen molar-refractivity contribution in [3.63, 3.8) is 0 Å². The minimum atomic E-state index is 0.0472. The van der Waals surface area contributed by atoms with E-state index >= 15 is 0 Å². The summed E-state index contributed by atoms with van der Waals surface area (Å²) in [4.78, 5) is 17.8. The Morgan fingerprint density at radius 1 is 1.06 bits per heavy atom. The Balaban J connectivity index is 1.31. The molecule has 1 amide bonds. The van der Waals surface area contributed by atoms with Crippen LogP contribution in [0.3, 0.4) is 0 Å². The first kappa shape index (κ1) is 22.0. The van der Waals surface area contributed by atoms with Crippen LogP contribution in [-0.4, -0.2) is 72.3 Å². The molecular formula is C27H33N3O3. The smallest absolute Gasteiger partial charge is 0.271 e. The van der Waals surface area contributed by atoms with Crippen molar-refractivity contribution >= 4 is 16.8 Å². The summed E-state index contributed by atoms with van der Waals surface area (Å²) in [5, 5.41) is 1.06. The summed E-state index contributed by atoms with van der Waals surface area (Å²) in [7, 11) is 0. The van der Waals surface area contributed by atoms with Crippen LogP contribution in [0.25, 0.3) is 16.6 Å². The first-order chi connectivity index (χ1) is 16.2. The van der Waals surface area contributed by atoms with Crippen molar-refractivity contribution in [1.29, 1.82) is 0 Å². The van der Waals surface area contributed by atoms with Crippen LogP contribution in [0.4, 0.5) is 0 Å². The van der Waals surface area contributed by atoms with E-state index in [1.807, 2.05) is 47.4 Å². The van der Waals surface area contributed by atoms with E-state index in [9.17, 15) is 4.79 Å². The lowest BCUT2D eigenvalue weighted by molar-refractivity contribution is 0.0298. The number of amides is 1. The van der Waals surface area contributed by atoms with Crippen LogP contribution in [0.1, 0.15) is 36.7 Å². The van der Waals surface area contributed by atoms with Crippen molar-refractivity contribution in [2.24, 2.45) is 0 Å². The lowest BCUT2D eigenvalue weighted by Gasteiger charge is -2.27. The number of hydrogen-bond acceptors (Lipinski definition) is 4. The van der Waals surface area contributed by atoms with Gasteiger partial charge in [0, 0.05) is 36.7 Å². The molecule has 0 saturated carbocycles. The van der Waals surface area contributed by atoms with E-state index in [0.717, 1.165) is 41.9 Å². The number of carbonyl (C=O) groups excluding carboxylic acids is 1. The van der Waals surface area contributed by atoms with Crippen molar-refractivity contribution in [2.75, 3.05) is 46.0 Å². The molecule has 0 bridgehead atoms. The molecule has 3 aromatic rings. The Bertz CT molecular complexity index is 1090. The van der Waals surface area contributed by atoms with E-state index in [4.69, 9.17) is 9.47 Å². The van der Waals surface area contributed by atoms with Gasteiger partial charge in [0.1, 0.15) is 11.4 Å².